The third-order valence-corrected chi connectivity index (χ3v) is 3.62. The van der Waals surface area contributed by atoms with E-state index in [0.29, 0.717) is 22.0 Å². The monoisotopic (exact) mass is 297 g/mol. The van der Waals surface area contributed by atoms with E-state index in [2.05, 4.69) is 0 Å². The Balaban J connectivity index is 2.36. The average molecular weight is 298 g/mol. The van der Waals surface area contributed by atoms with Gasteiger partial charge >= 0.3 is 0 Å². The van der Waals surface area contributed by atoms with Gasteiger partial charge in [0.15, 0.2) is 0 Å². The molecule has 0 aromatic heterocycles. The molecule has 0 spiro atoms. The molecule has 2 aromatic carbocycles. The first-order chi connectivity index (χ1) is 8.90. The topological polar surface area (TPSA) is 26.0 Å². The van der Waals surface area contributed by atoms with Gasteiger partial charge in [-0.1, -0.05) is 41.4 Å². The molecule has 2 N–H and O–H groups in total. The van der Waals surface area contributed by atoms with Gasteiger partial charge < -0.3 is 5.73 Å². The van der Waals surface area contributed by atoms with Crippen LogP contribution in [0.15, 0.2) is 42.5 Å². The van der Waals surface area contributed by atoms with Gasteiger partial charge in [-0.25, -0.2) is 4.39 Å². The Morgan fingerprint density at radius 1 is 1.16 bits per heavy atom. The molecule has 0 aliphatic carbocycles. The Morgan fingerprint density at radius 2 is 1.84 bits per heavy atom. The lowest BCUT2D eigenvalue weighted by Crippen LogP contribution is -2.36. The first-order valence-electron chi connectivity index (χ1n) is 5.88. The second-order valence-corrected chi connectivity index (χ2v) is 5.65. The van der Waals surface area contributed by atoms with Gasteiger partial charge in [-0.15, -0.1) is 0 Å². The second kappa shape index (κ2) is 5.49. The lowest BCUT2D eigenvalue weighted by Gasteiger charge is -2.26. The van der Waals surface area contributed by atoms with Crippen molar-refractivity contribution >= 4 is 23.2 Å². The largest absolute Gasteiger partial charge is 0.321 e. The maximum absolute atomic E-state index is 13.8. The summed E-state index contributed by atoms with van der Waals surface area (Å²) in [5.74, 6) is -0.312. The van der Waals surface area contributed by atoms with Crippen molar-refractivity contribution in [3.63, 3.8) is 0 Å². The first kappa shape index (κ1) is 14.3. The molecule has 1 unspecified atom stereocenters. The summed E-state index contributed by atoms with van der Waals surface area (Å²) in [6, 6.07) is 11.8. The molecule has 1 nitrogen and oxygen atoms in total. The minimum atomic E-state index is -0.760. The number of benzene rings is 2. The van der Waals surface area contributed by atoms with Crippen molar-refractivity contribution < 1.29 is 4.39 Å². The van der Waals surface area contributed by atoms with Crippen LogP contribution < -0.4 is 5.73 Å². The minimum absolute atomic E-state index is 0.312. The molecule has 0 aliphatic rings. The van der Waals surface area contributed by atoms with Crippen LogP contribution in [0.2, 0.25) is 10.0 Å². The van der Waals surface area contributed by atoms with Crippen LogP contribution >= 0.6 is 23.2 Å². The van der Waals surface area contributed by atoms with Crippen molar-refractivity contribution in [2.45, 2.75) is 18.9 Å². The van der Waals surface area contributed by atoms with Gasteiger partial charge in [0.1, 0.15) is 5.82 Å². The Kier molecular flexibility index (Phi) is 4.14. The van der Waals surface area contributed by atoms with E-state index in [9.17, 15) is 4.39 Å². The predicted octanol–water partition coefficient (Wildman–Crippen LogP) is 4.55. The van der Waals surface area contributed by atoms with E-state index in [-0.39, 0.29) is 5.82 Å². The lowest BCUT2D eigenvalue weighted by atomic mass is 9.86. The summed E-state index contributed by atoms with van der Waals surface area (Å²) in [6.45, 7) is 1.83. The normalized spacial score (nSPS) is 14.2. The molecule has 2 aromatic rings. The van der Waals surface area contributed by atoms with Crippen molar-refractivity contribution in [3.05, 3.63) is 69.5 Å². The number of rotatable bonds is 3. The Morgan fingerprint density at radius 3 is 2.53 bits per heavy atom. The lowest BCUT2D eigenvalue weighted by molar-refractivity contribution is 0.475. The number of nitrogens with two attached hydrogens (primary N) is 1. The fourth-order valence-electron chi connectivity index (χ4n) is 2.09. The van der Waals surface area contributed by atoms with Gasteiger partial charge in [0, 0.05) is 15.6 Å². The maximum Gasteiger partial charge on any atom is 0.126 e. The van der Waals surface area contributed by atoms with Gasteiger partial charge in [-0.2, -0.15) is 0 Å². The molecular weight excluding hydrogens is 284 g/mol. The van der Waals surface area contributed by atoms with Crippen LogP contribution in [0.5, 0.6) is 0 Å². The number of hydrogen-bond donors (Lipinski definition) is 1. The fraction of sp³-hybridized carbons (Fsp3) is 0.200. The SMILES string of the molecule is CC(N)(Cc1cc(Cl)ccc1F)c1ccccc1Cl. The van der Waals surface area contributed by atoms with E-state index in [1.54, 1.807) is 12.1 Å². The van der Waals surface area contributed by atoms with E-state index >= 15 is 0 Å². The highest BCUT2D eigenvalue weighted by Crippen LogP contribution is 2.30. The minimum Gasteiger partial charge on any atom is -0.321 e. The van der Waals surface area contributed by atoms with Crippen LogP contribution in [0.1, 0.15) is 18.1 Å². The number of halogens is 3. The zero-order valence-electron chi connectivity index (χ0n) is 10.5. The molecule has 19 heavy (non-hydrogen) atoms. The molecule has 2 rings (SSSR count). The molecule has 4 heteroatoms. The Bertz CT molecular complexity index is 596. The molecule has 100 valence electrons. The van der Waals surface area contributed by atoms with Crippen molar-refractivity contribution in [2.24, 2.45) is 5.73 Å². The van der Waals surface area contributed by atoms with Crippen LogP contribution in [0.3, 0.4) is 0 Å². The summed E-state index contributed by atoms with van der Waals surface area (Å²) >= 11 is 12.0. The average Bonchev–Trinajstić information content (AvgIpc) is 2.34. The van der Waals surface area contributed by atoms with Crippen LogP contribution in [-0.2, 0) is 12.0 Å². The summed E-state index contributed by atoms with van der Waals surface area (Å²) in [5.41, 5.74) is 6.81. The summed E-state index contributed by atoms with van der Waals surface area (Å²) in [6.07, 6.45) is 0.323. The highest BCUT2D eigenvalue weighted by molar-refractivity contribution is 6.31. The zero-order valence-corrected chi connectivity index (χ0v) is 12.0. The van der Waals surface area contributed by atoms with Crippen molar-refractivity contribution in [1.82, 2.24) is 0 Å². The molecule has 0 heterocycles. The third kappa shape index (κ3) is 3.27. The molecule has 0 saturated heterocycles. The second-order valence-electron chi connectivity index (χ2n) is 4.81. The molecule has 0 amide bonds. The van der Waals surface area contributed by atoms with Gasteiger partial charge in [0.2, 0.25) is 0 Å². The Labute approximate surface area is 122 Å². The summed E-state index contributed by atoms with van der Waals surface area (Å²) in [7, 11) is 0. The molecular formula is C15H14Cl2FN. The van der Waals surface area contributed by atoms with E-state index in [4.69, 9.17) is 28.9 Å². The van der Waals surface area contributed by atoms with Crippen LogP contribution in [0.4, 0.5) is 4.39 Å². The van der Waals surface area contributed by atoms with Gasteiger partial charge in [-0.05, 0) is 48.7 Å². The van der Waals surface area contributed by atoms with E-state index < -0.39 is 5.54 Å². The molecule has 0 bridgehead atoms. The quantitative estimate of drug-likeness (QED) is 0.884. The van der Waals surface area contributed by atoms with Gasteiger partial charge in [0.25, 0.3) is 0 Å². The molecule has 1 atom stereocenters. The van der Waals surface area contributed by atoms with Crippen molar-refractivity contribution in [3.8, 4) is 0 Å². The van der Waals surface area contributed by atoms with E-state index in [1.807, 2.05) is 25.1 Å². The molecule has 0 radical (unpaired) electrons. The zero-order chi connectivity index (χ0) is 14.0. The molecule has 0 aliphatic heterocycles. The van der Waals surface area contributed by atoms with Crippen molar-refractivity contribution in [1.29, 1.82) is 0 Å². The van der Waals surface area contributed by atoms with Crippen LogP contribution in [-0.4, -0.2) is 0 Å². The fourth-order valence-corrected chi connectivity index (χ4v) is 2.64. The first-order valence-corrected chi connectivity index (χ1v) is 6.63. The van der Waals surface area contributed by atoms with Gasteiger partial charge in [0.05, 0.1) is 0 Å². The standard InChI is InChI=1S/C15H14Cl2FN/c1-15(19,12-4-2-3-5-13(12)17)9-10-8-11(16)6-7-14(10)18/h2-8H,9,19H2,1H3. The van der Waals surface area contributed by atoms with Crippen LogP contribution in [0, 0.1) is 5.82 Å². The van der Waals surface area contributed by atoms with E-state index in [1.165, 1.54) is 12.1 Å². The van der Waals surface area contributed by atoms with E-state index in [0.717, 1.165) is 5.56 Å². The Hall–Kier alpha value is -1.09. The third-order valence-electron chi connectivity index (χ3n) is 3.05. The summed E-state index contributed by atoms with van der Waals surface area (Å²) in [5, 5.41) is 1.07. The summed E-state index contributed by atoms with van der Waals surface area (Å²) < 4.78 is 13.8. The number of hydrogen-bond acceptors (Lipinski definition) is 1. The molecule has 0 fully saturated rings. The molecule has 0 saturated carbocycles. The van der Waals surface area contributed by atoms with Crippen LogP contribution in [0.25, 0.3) is 0 Å². The van der Waals surface area contributed by atoms with Gasteiger partial charge in [-0.3, -0.25) is 0 Å². The maximum atomic E-state index is 13.8. The van der Waals surface area contributed by atoms with Crippen molar-refractivity contribution in [2.75, 3.05) is 0 Å². The summed E-state index contributed by atoms with van der Waals surface area (Å²) in [4.78, 5) is 0. The highest BCUT2D eigenvalue weighted by Gasteiger charge is 2.25. The predicted molar refractivity (Wildman–Crippen MR) is 78.1 cm³/mol. The highest BCUT2D eigenvalue weighted by atomic mass is 35.5. The smallest absolute Gasteiger partial charge is 0.126 e.